The molecule has 0 aliphatic carbocycles. The number of carbonyl (C=O) groups excluding carboxylic acids is 1. The van der Waals surface area contributed by atoms with E-state index >= 15 is 0 Å². The van der Waals surface area contributed by atoms with Crippen LogP contribution in [0.4, 0.5) is 0 Å². The molecule has 0 radical (unpaired) electrons. The molecule has 0 fully saturated rings. The summed E-state index contributed by atoms with van der Waals surface area (Å²) < 4.78 is 11.3. The summed E-state index contributed by atoms with van der Waals surface area (Å²) >= 11 is 9.20. The topological polar surface area (TPSA) is 35.5 Å². The van der Waals surface area contributed by atoms with Gasteiger partial charge in [-0.05, 0) is 22.0 Å². The number of hydrogen-bond acceptors (Lipinski definition) is 3. The number of aldehydes is 1. The summed E-state index contributed by atoms with van der Waals surface area (Å²) in [7, 11) is 0. The maximum absolute atomic E-state index is 10.7. The molecule has 0 N–H and O–H groups in total. The molecule has 5 heteroatoms. The number of rotatable bonds is 1. The van der Waals surface area contributed by atoms with E-state index in [9.17, 15) is 4.79 Å². The third-order valence-corrected chi connectivity index (χ3v) is 2.91. The Kier molecular flexibility index (Phi) is 2.65. The van der Waals surface area contributed by atoms with Gasteiger partial charge in [-0.2, -0.15) is 0 Å². The fourth-order valence-electron chi connectivity index (χ4n) is 1.24. The second-order valence-electron chi connectivity index (χ2n) is 2.73. The van der Waals surface area contributed by atoms with Crippen LogP contribution < -0.4 is 9.47 Å². The minimum atomic E-state index is 0.295. The second-order valence-corrected chi connectivity index (χ2v) is 3.96. The van der Waals surface area contributed by atoms with Crippen molar-refractivity contribution in [1.82, 2.24) is 0 Å². The lowest BCUT2D eigenvalue weighted by Gasteiger charge is -2.20. The summed E-state index contributed by atoms with van der Waals surface area (Å²) in [6.07, 6.45) is 0.685. The molecule has 1 heterocycles. The maximum atomic E-state index is 10.7. The van der Waals surface area contributed by atoms with Gasteiger partial charge in [-0.25, -0.2) is 0 Å². The van der Waals surface area contributed by atoms with E-state index in [0.29, 0.717) is 46.1 Å². The Morgan fingerprint density at radius 1 is 1.43 bits per heavy atom. The molecule has 0 bridgehead atoms. The minimum Gasteiger partial charge on any atom is -0.486 e. The molecule has 3 nitrogen and oxygen atoms in total. The van der Waals surface area contributed by atoms with Crippen LogP contribution >= 0.6 is 27.5 Å². The number of halogens is 2. The maximum Gasteiger partial charge on any atom is 0.180 e. The molecule has 0 amide bonds. The van der Waals surface area contributed by atoms with E-state index in [1.54, 1.807) is 6.07 Å². The van der Waals surface area contributed by atoms with Crippen molar-refractivity contribution in [2.24, 2.45) is 0 Å². The van der Waals surface area contributed by atoms with Crippen molar-refractivity contribution in [3.63, 3.8) is 0 Å². The van der Waals surface area contributed by atoms with Crippen molar-refractivity contribution >= 4 is 33.8 Å². The zero-order valence-corrected chi connectivity index (χ0v) is 9.39. The first kappa shape index (κ1) is 9.80. The van der Waals surface area contributed by atoms with Gasteiger partial charge in [0, 0.05) is 4.47 Å². The molecule has 0 saturated heterocycles. The fourth-order valence-corrected chi connectivity index (χ4v) is 2.15. The molecule has 2 rings (SSSR count). The Bertz CT molecular complexity index is 392. The number of benzene rings is 1. The van der Waals surface area contributed by atoms with Crippen molar-refractivity contribution in [2.75, 3.05) is 13.2 Å². The van der Waals surface area contributed by atoms with E-state index < -0.39 is 0 Å². The average Bonchev–Trinajstić information content (AvgIpc) is 2.18. The first-order valence-corrected chi connectivity index (χ1v) is 5.14. The van der Waals surface area contributed by atoms with Gasteiger partial charge >= 0.3 is 0 Å². The van der Waals surface area contributed by atoms with Crippen LogP contribution in [0.15, 0.2) is 10.5 Å². The molecule has 0 aromatic heterocycles. The summed E-state index contributed by atoms with van der Waals surface area (Å²) in [6, 6.07) is 1.68. The molecule has 1 aliphatic rings. The normalized spacial score (nSPS) is 13.9. The van der Waals surface area contributed by atoms with E-state index in [2.05, 4.69) is 15.9 Å². The van der Waals surface area contributed by atoms with Gasteiger partial charge in [0.2, 0.25) is 0 Å². The highest BCUT2D eigenvalue weighted by atomic mass is 79.9. The highest BCUT2D eigenvalue weighted by molar-refractivity contribution is 9.10. The second kappa shape index (κ2) is 3.79. The number of carbonyl (C=O) groups is 1. The van der Waals surface area contributed by atoms with E-state index in [4.69, 9.17) is 21.1 Å². The van der Waals surface area contributed by atoms with Crippen LogP contribution in [0.5, 0.6) is 11.5 Å². The zero-order valence-electron chi connectivity index (χ0n) is 7.05. The van der Waals surface area contributed by atoms with Gasteiger partial charge in [0.1, 0.15) is 13.2 Å². The molecule has 74 valence electrons. The van der Waals surface area contributed by atoms with E-state index in [-0.39, 0.29) is 0 Å². The smallest absolute Gasteiger partial charge is 0.180 e. The molecule has 0 spiro atoms. The van der Waals surface area contributed by atoms with E-state index in [1.807, 2.05) is 0 Å². The van der Waals surface area contributed by atoms with Gasteiger partial charge in [0.05, 0.1) is 10.6 Å². The van der Waals surface area contributed by atoms with Gasteiger partial charge in [-0.1, -0.05) is 11.6 Å². The lowest BCUT2D eigenvalue weighted by molar-refractivity contribution is 0.112. The van der Waals surface area contributed by atoms with Crippen LogP contribution in [-0.2, 0) is 0 Å². The van der Waals surface area contributed by atoms with Gasteiger partial charge in [0.15, 0.2) is 17.8 Å². The van der Waals surface area contributed by atoms with Crippen LogP contribution in [0.2, 0.25) is 5.02 Å². The lowest BCUT2D eigenvalue weighted by Crippen LogP contribution is -2.16. The highest BCUT2D eigenvalue weighted by Crippen LogP contribution is 2.42. The zero-order chi connectivity index (χ0) is 10.1. The monoisotopic (exact) mass is 276 g/mol. The predicted octanol–water partition coefficient (Wildman–Crippen LogP) is 2.69. The molecule has 1 aromatic carbocycles. The van der Waals surface area contributed by atoms with Gasteiger partial charge in [-0.15, -0.1) is 0 Å². The van der Waals surface area contributed by atoms with Crippen molar-refractivity contribution in [3.8, 4) is 11.5 Å². The number of ether oxygens (including phenoxy) is 2. The molecular formula is C9H6BrClO3. The highest BCUT2D eigenvalue weighted by Gasteiger charge is 2.20. The van der Waals surface area contributed by atoms with Crippen LogP contribution in [0.3, 0.4) is 0 Å². The Hall–Kier alpha value is -0.740. The summed E-state index contributed by atoms with van der Waals surface area (Å²) in [5.41, 5.74) is 0.385. The van der Waals surface area contributed by atoms with Gasteiger partial charge in [0.25, 0.3) is 0 Å². The van der Waals surface area contributed by atoms with Crippen LogP contribution in [0, 0.1) is 0 Å². The van der Waals surface area contributed by atoms with Gasteiger partial charge in [-0.3, -0.25) is 4.79 Å². The molecular weight excluding hydrogens is 271 g/mol. The van der Waals surface area contributed by atoms with Gasteiger partial charge < -0.3 is 9.47 Å². The van der Waals surface area contributed by atoms with E-state index in [1.165, 1.54) is 0 Å². The Morgan fingerprint density at radius 2 is 2.14 bits per heavy atom. The van der Waals surface area contributed by atoms with Crippen molar-refractivity contribution < 1.29 is 14.3 Å². The van der Waals surface area contributed by atoms with Crippen LogP contribution in [-0.4, -0.2) is 19.5 Å². The van der Waals surface area contributed by atoms with Crippen LogP contribution in [0.25, 0.3) is 0 Å². The molecule has 1 aliphatic heterocycles. The minimum absolute atomic E-state index is 0.295. The van der Waals surface area contributed by atoms with E-state index in [0.717, 1.165) is 0 Å². The third kappa shape index (κ3) is 1.48. The molecule has 1 aromatic rings. The molecule has 0 unspecified atom stereocenters. The molecule has 14 heavy (non-hydrogen) atoms. The fraction of sp³-hybridized carbons (Fsp3) is 0.222. The summed E-state index contributed by atoms with van der Waals surface area (Å²) in [5.74, 6) is 1.02. The summed E-state index contributed by atoms with van der Waals surface area (Å²) in [4.78, 5) is 10.7. The molecule has 0 saturated carbocycles. The Morgan fingerprint density at radius 3 is 2.86 bits per heavy atom. The molecule has 0 atom stereocenters. The van der Waals surface area contributed by atoms with Crippen LogP contribution in [0.1, 0.15) is 10.4 Å². The standard InChI is InChI=1S/C9H6BrClO3/c10-6-3-7-9(14-2-1-13-7)8(11)5(6)4-12/h3-4H,1-2H2. The first-order valence-electron chi connectivity index (χ1n) is 3.97. The first-order chi connectivity index (χ1) is 6.74. The van der Waals surface area contributed by atoms with Crippen molar-refractivity contribution in [3.05, 3.63) is 21.1 Å². The Labute approximate surface area is 94.1 Å². The average molecular weight is 278 g/mol. The summed E-state index contributed by atoms with van der Waals surface area (Å²) in [5, 5.41) is 0.295. The predicted molar refractivity (Wildman–Crippen MR) is 55.5 cm³/mol. The quantitative estimate of drug-likeness (QED) is 0.740. The number of fused-ring (bicyclic) bond motifs is 1. The number of hydrogen-bond donors (Lipinski definition) is 0. The van der Waals surface area contributed by atoms with Crippen molar-refractivity contribution in [2.45, 2.75) is 0 Å². The lowest BCUT2D eigenvalue weighted by atomic mass is 10.2. The van der Waals surface area contributed by atoms with Crippen molar-refractivity contribution in [1.29, 1.82) is 0 Å². The Balaban J connectivity index is 2.63. The summed E-state index contributed by atoms with van der Waals surface area (Å²) in [6.45, 7) is 0.947. The largest absolute Gasteiger partial charge is 0.486 e. The SMILES string of the molecule is O=Cc1c(Br)cc2c(c1Cl)OCCO2. The third-order valence-electron chi connectivity index (χ3n) is 1.88.